The van der Waals surface area contributed by atoms with Gasteiger partial charge in [-0.1, -0.05) is 26.8 Å². The molecule has 1 aliphatic rings. The fourth-order valence-electron chi connectivity index (χ4n) is 2.21. The van der Waals surface area contributed by atoms with Gasteiger partial charge in [0.1, 0.15) is 0 Å². The molecule has 0 fully saturated rings. The molecular weight excluding hydrogens is 162 g/mol. The van der Waals surface area contributed by atoms with Gasteiger partial charge in [0.2, 0.25) is 0 Å². The van der Waals surface area contributed by atoms with Crippen molar-refractivity contribution in [2.75, 3.05) is 7.05 Å². The van der Waals surface area contributed by atoms with E-state index in [0.717, 1.165) is 18.4 Å². The van der Waals surface area contributed by atoms with Gasteiger partial charge < -0.3 is 0 Å². The summed E-state index contributed by atoms with van der Waals surface area (Å²) in [6, 6.07) is 0. The van der Waals surface area contributed by atoms with Gasteiger partial charge in [0, 0.05) is 12.6 Å². The largest absolute Gasteiger partial charge is 0.268 e. The summed E-state index contributed by atoms with van der Waals surface area (Å²) in [7, 11) is 1.56. The van der Waals surface area contributed by atoms with Gasteiger partial charge >= 0.3 is 0 Å². The smallest absolute Gasteiger partial charge is 0.267 e. The Labute approximate surface area is 80.4 Å². The topological polar surface area (TPSA) is 31.2 Å². The van der Waals surface area contributed by atoms with Gasteiger partial charge in [-0.15, -0.1) is 0 Å². The molecule has 0 N–H and O–H groups in total. The molecule has 0 aromatic rings. The van der Waals surface area contributed by atoms with Crippen LogP contribution in [-0.2, 0) is 4.79 Å². The first kappa shape index (κ1) is 10.3. The quantitative estimate of drug-likeness (QED) is 0.608. The molecule has 1 amide bonds. The van der Waals surface area contributed by atoms with Crippen LogP contribution in [0.15, 0.2) is 11.6 Å². The van der Waals surface area contributed by atoms with E-state index in [9.17, 15) is 4.79 Å². The van der Waals surface area contributed by atoms with Crippen LogP contribution in [-0.4, -0.2) is 13.0 Å². The second-order valence-electron chi connectivity index (χ2n) is 4.74. The molecule has 1 radical (unpaired) electrons. The van der Waals surface area contributed by atoms with Crippen LogP contribution in [0.1, 0.15) is 33.6 Å². The lowest BCUT2D eigenvalue weighted by Crippen LogP contribution is -2.26. The fraction of sp³-hybridized carbons (Fsp3) is 0.727. The fourth-order valence-corrected chi connectivity index (χ4v) is 2.21. The zero-order valence-electron chi connectivity index (χ0n) is 8.92. The standard InChI is InChI=1S/C11H18NO/c1-8-5-9(10(13)12-4)7-11(2,3)6-8/h5,8H,6-7H2,1-4H3. The Kier molecular flexibility index (Phi) is 2.79. The second kappa shape index (κ2) is 3.52. The molecule has 13 heavy (non-hydrogen) atoms. The minimum Gasteiger partial charge on any atom is -0.268 e. The van der Waals surface area contributed by atoms with E-state index in [1.165, 1.54) is 0 Å². The number of hydrogen-bond acceptors (Lipinski definition) is 1. The van der Waals surface area contributed by atoms with Crippen molar-refractivity contribution < 1.29 is 4.79 Å². The highest BCUT2D eigenvalue weighted by Gasteiger charge is 2.29. The number of amides is 1. The minimum atomic E-state index is -0.0420. The Morgan fingerprint density at radius 2 is 2.23 bits per heavy atom. The van der Waals surface area contributed by atoms with E-state index in [0.29, 0.717) is 5.92 Å². The maximum Gasteiger partial charge on any atom is 0.267 e. The normalized spacial score (nSPS) is 26.5. The summed E-state index contributed by atoms with van der Waals surface area (Å²) in [5.41, 5.74) is 1.15. The molecule has 1 atom stereocenters. The van der Waals surface area contributed by atoms with E-state index in [1.807, 2.05) is 0 Å². The molecule has 1 rings (SSSR count). The van der Waals surface area contributed by atoms with Gasteiger partial charge in [-0.05, 0) is 24.2 Å². The number of carbonyl (C=O) groups is 1. The third-order valence-electron chi connectivity index (χ3n) is 2.51. The molecule has 2 heteroatoms. The molecule has 0 aromatic heterocycles. The van der Waals surface area contributed by atoms with Crippen molar-refractivity contribution in [3.63, 3.8) is 0 Å². The van der Waals surface area contributed by atoms with Crippen molar-refractivity contribution >= 4 is 5.91 Å². The zero-order valence-corrected chi connectivity index (χ0v) is 8.92. The van der Waals surface area contributed by atoms with Gasteiger partial charge in [-0.2, -0.15) is 0 Å². The first-order valence-corrected chi connectivity index (χ1v) is 4.79. The third-order valence-corrected chi connectivity index (χ3v) is 2.51. The van der Waals surface area contributed by atoms with Crippen LogP contribution in [0.5, 0.6) is 0 Å². The molecular formula is C11H18NO. The molecule has 0 heterocycles. The van der Waals surface area contributed by atoms with Crippen LogP contribution in [0.25, 0.3) is 0 Å². The predicted molar refractivity (Wildman–Crippen MR) is 53.3 cm³/mol. The van der Waals surface area contributed by atoms with E-state index in [-0.39, 0.29) is 11.3 Å². The van der Waals surface area contributed by atoms with Gasteiger partial charge in [0.25, 0.3) is 5.91 Å². The van der Waals surface area contributed by atoms with Crippen molar-refractivity contribution in [1.29, 1.82) is 0 Å². The lowest BCUT2D eigenvalue weighted by Gasteiger charge is -2.32. The van der Waals surface area contributed by atoms with Crippen molar-refractivity contribution in [1.82, 2.24) is 5.32 Å². The Hall–Kier alpha value is -0.790. The highest BCUT2D eigenvalue weighted by atomic mass is 16.1. The molecule has 0 aliphatic heterocycles. The highest BCUT2D eigenvalue weighted by Crippen LogP contribution is 2.37. The van der Waals surface area contributed by atoms with Crippen molar-refractivity contribution in [3.05, 3.63) is 11.6 Å². The molecule has 0 spiro atoms. The van der Waals surface area contributed by atoms with Crippen LogP contribution in [0.3, 0.4) is 0 Å². The van der Waals surface area contributed by atoms with Gasteiger partial charge in [-0.3, -0.25) is 10.1 Å². The maximum absolute atomic E-state index is 11.4. The lowest BCUT2D eigenvalue weighted by molar-refractivity contribution is -0.117. The highest BCUT2D eigenvalue weighted by molar-refractivity contribution is 5.93. The van der Waals surface area contributed by atoms with Crippen LogP contribution >= 0.6 is 0 Å². The monoisotopic (exact) mass is 180 g/mol. The third kappa shape index (κ3) is 2.58. The number of rotatable bonds is 1. The molecule has 1 unspecified atom stereocenters. The molecule has 0 aromatic carbocycles. The summed E-state index contributed by atoms with van der Waals surface area (Å²) in [5, 5.41) is 3.70. The van der Waals surface area contributed by atoms with E-state index >= 15 is 0 Å². The molecule has 1 aliphatic carbocycles. The van der Waals surface area contributed by atoms with E-state index in [2.05, 4.69) is 32.2 Å². The SMILES string of the molecule is C[N]C(=O)C1=CC(C)CC(C)(C)C1. The van der Waals surface area contributed by atoms with Crippen molar-refractivity contribution in [2.45, 2.75) is 33.6 Å². The summed E-state index contributed by atoms with van der Waals surface area (Å²) in [5.74, 6) is 0.462. The second-order valence-corrected chi connectivity index (χ2v) is 4.74. The average Bonchev–Trinajstić information content (AvgIpc) is 1.99. The molecule has 73 valence electrons. The summed E-state index contributed by atoms with van der Waals surface area (Å²) in [6.07, 6.45) is 4.10. The minimum absolute atomic E-state index is 0.0420. The lowest BCUT2D eigenvalue weighted by atomic mass is 9.73. The van der Waals surface area contributed by atoms with E-state index in [1.54, 1.807) is 7.05 Å². The van der Waals surface area contributed by atoms with E-state index in [4.69, 9.17) is 0 Å². The summed E-state index contributed by atoms with van der Waals surface area (Å²) in [6.45, 7) is 6.57. The van der Waals surface area contributed by atoms with Crippen LogP contribution in [0.2, 0.25) is 0 Å². The Balaban J connectivity index is 2.81. The van der Waals surface area contributed by atoms with Crippen LogP contribution in [0, 0.1) is 11.3 Å². The Bertz CT molecular complexity index is 240. The molecule has 0 bridgehead atoms. The number of hydrogen-bond donors (Lipinski definition) is 0. The van der Waals surface area contributed by atoms with Crippen molar-refractivity contribution in [3.8, 4) is 0 Å². The van der Waals surface area contributed by atoms with Crippen LogP contribution in [0.4, 0.5) is 0 Å². The average molecular weight is 180 g/mol. The first-order valence-electron chi connectivity index (χ1n) is 4.79. The number of carbonyl (C=O) groups excluding carboxylic acids is 1. The summed E-state index contributed by atoms with van der Waals surface area (Å²) in [4.78, 5) is 11.4. The van der Waals surface area contributed by atoms with Crippen LogP contribution < -0.4 is 5.32 Å². The number of allylic oxidation sites excluding steroid dienone is 1. The Morgan fingerprint density at radius 3 is 2.69 bits per heavy atom. The van der Waals surface area contributed by atoms with Gasteiger partial charge in [-0.25, -0.2) is 0 Å². The van der Waals surface area contributed by atoms with Gasteiger partial charge in [0.05, 0.1) is 0 Å². The molecule has 2 nitrogen and oxygen atoms in total. The maximum atomic E-state index is 11.4. The zero-order chi connectivity index (χ0) is 10.1. The van der Waals surface area contributed by atoms with Crippen molar-refractivity contribution in [2.24, 2.45) is 11.3 Å². The summed E-state index contributed by atoms with van der Waals surface area (Å²) >= 11 is 0. The Morgan fingerprint density at radius 1 is 1.62 bits per heavy atom. The first-order chi connectivity index (χ1) is 5.94. The summed E-state index contributed by atoms with van der Waals surface area (Å²) < 4.78 is 0. The number of likely N-dealkylation sites (N-methyl/N-ethyl adjacent to an activating group) is 1. The predicted octanol–water partition coefficient (Wildman–Crippen LogP) is 2.13. The number of nitrogens with zero attached hydrogens (tertiary/aromatic N) is 1. The molecule has 0 saturated carbocycles. The van der Waals surface area contributed by atoms with Gasteiger partial charge in [0.15, 0.2) is 0 Å². The molecule has 0 saturated heterocycles. The van der Waals surface area contributed by atoms with E-state index < -0.39 is 0 Å².